The molecule has 4 aromatic rings. The van der Waals surface area contributed by atoms with Gasteiger partial charge in [-0.1, -0.05) is 30.0 Å². The number of methoxy groups -OCH3 is 2. The molecule has 4 rings (SSSR count). The number of aromatic nitrogens is 3. The number of hydrogen-bond donors (Lipinski definition) is 0. The van der Waals surface area contributed by atoms with Crippen LogP contribution in [0.2, 0.25) is 0 Å². The number of fused-ring (bicyclic) bond motifs is 1. The SMILES string of the molecule is COCCn1c(C)cc(C(=O)CSc2nc3ccccc3c(=O)n2-c2cccc(OC)c2)c1C. The van der Waals surface area contributed by atoms with Crippen LogP contribution in [0, 0.1) is 13.8 Å². The number of nitrogens with zero attached hydrogens (tertiary/aromatic N) is 3. The lowest BCUT2D eigenvalue weighted by Crippen LogP contribution is -2.22. The molecule has 0 aliphatic heterocycles. The molecule has 0 N–H and O–H groups in total. The van der Waals surface area contributed by atoms with Gasteiger partial charge in [0, 0.05) is 36.7 Å². The molecule has 2 aromatic carbocycles. The second-order valence-corrected chi connectivity index (χ2v) is 8.84. The zero-order valence-corrected chi connectivity index (χ0v) is 20.5. The molecule has 0 unspecified atom stereocenters. The van der Waals surface area contributed by atoms with Crippen molar-refractivity contribution < 1.29 is 14.3 Å². The number of aryl methyl sites for hydroxylation is 1. The third kappa shape index (κ3) is 4.64. The number of ketones is 1. The fraction of sp³-hybridized carbons (Fsp3) is 0.269. The Balaban J connectivity index is 1.71. The van der Waals surface area contributed by atoms with Crippen molar-refractivity contribution in [1.29, 1.82) is 0 Å². The highest BCUT2D eigenvalue weighted by molar-refractivity contribution is 7.99. The van der Waals surface area contributed by atoms with Crippen LogP contribution in [0.15, 0.2) is 64.5 Å². The van der Waals surface area contributed by atoms with Gasteiger partial charge in [-0.3, -0.25) is 14.2 Å². The normalized spacial score (nSPS) is 11.2. The van der Waals surface area contributed by atoms with Crippen molar-refractivity contribution in [2.75, 3.05) is 26.6 Å². The highest BCUT2D eigenvalue weighted by atomic mass is 32.2. The maximum absolute atomic E-state index is 13.4. The quantitative estimate of drug-likeness (QED) is 0.202. The van der Waals surface area contributed by atoms with E-state index in [1.54, 1.807) is 30.9 Å². The Hall–Kier alpha value is -3.36. The molecule has 2 aromatic heterocycles. The standard InChI is InChI=1S/C26H27N3O4S/c1-17-14-22(18(2)28(17)12-13-32-3)24(30)16-34-26-27-23-11-6-5-10-21(23)25(31)29(26)19-8-7-9-20(15-19)33-4/h5-11,14-15H,12-13,16H2,1-4H3. The third-order valence-corrected chi connectivity index (χ3v) is 6.72. The van der Waals surface area contributed by atoms with Gasteiger partial charge in [0.25, 0.3) is 5.56 Å². The molecule has 8 heteroatoms. The van der Waals surface area contributed by atoms with E-state index in [0.717, 1.165) is 11.4 Å². The number of Topliss-reactive ketones (excluding diaryl/α,β-unsaturated/α-hetero) is 1. The van der Waals surface area contributed by atoms with Gasteiger partial charge in [-0.2, -0.15) is 0 Å². The van der Waals surface area contributed by atoms with Gasteiger partial charge >= 0.3 is 0 Å². The molecular weight excluding hydrogens is 450 g/mol. The lowest BCUT2D eigenvalue weighted by Gasteiger charge is -2.14. The molecule has 176 valence electrons. The summed E-state index contributed by atoms with van der Waals surface area (Å²) in [6, 6.07) is 16.4. The molecule has 0 fully saturated rings. The van der Waals surface area contributed by atoms with E-state index < -0.39 is 0 Å². The van der Waals surface area contributed by atoms with E-state index >= 15 is 0 Å². The molecule has 0 radical (unpaired) electrons. The van der Waals surface area contributed by atoms with Crippen LogP contribution in [0.3, 0.4) is 0 Å². The predicted octanol–water partition coefficient (Wildman–Crippen LogP) is 4.43. The minimum Gasteiger partial charge on any atom is -0.497 e. The zero-order chi connectivity index (χ0) is 24.2. The molecule has 0 atom stereocenters. The van der Waals surface area contributed by atoms with Crippen LogP contribution in [0.25, 0.3) is 16.6 Å². The molecule has 7 nitrogen and oxygen atoms in total. The Morgan fingerprint density at radius 1 is 1.06 bits per heavy atom. The van der Waals surface area contributed by atoms with E-state index in [9.17, 15) is 9.59 Å². The monoisotopic (exact) mass is 477 g/mol. The van der Waals surface area contributed by atoms with Gasteiger partial charge in [-0.15, -0.1) is 0 Å². The van der Waals surface area contributed by atoms with Gasteiger partial charge in [0.05, 0.1) is 36.1 Å². The van der Waals surface area contributed by atoms with E-state index in [0.29, 0.717) is 46.2 Å². The Morgan fingerprint density at radius 3 is 2.62 bits per heavy atom. The van der Waals surface area contributed by atoms with Crippen LogP contribution in [0.1, 0.15) is 21.7 Å². The van der Waals surface area contributed by atoms with Gasteiger partial charge in [-0.05, 0) is 44.2 Å². The lowest BCUT2D eigenvalue weighted by molar-refractivity contribution is 0.102. The Bertz CT molecular complexity index is 1410. The summed E-state index contributed by atoms with van der Waals surface area (Å²) in [6.45, 7) is 5.20. The molecule has 0 aliphatic rings. The third-order valence-electron chi connectivity index (χ3n) is 5.78. The summed E-state index contributed by atoms with van der Waals surface area (Å²) in [5.41, 5.74) is 3.65. The van der Waals surface area contributed by atoms with Crippen molar-refractivity contribution in [2.45, 2.75) is 25.5 Å². The average Bonchev–Trinajstić information content (AvgIpc) is 3.14. The fourth-order valence-electron chi connectivity index (χ4n) is 4.00. The molecule has 0 amide bonds. The van der Waals surface area contributed by atoms with Crippen LogP contribution in [0.4, 0.5) is 0 Å². The highest BCUT2D eigenvalue weighted by Crippen LogP contribution is 2.25. The maximum atomic E-state index is 13.4. The van der Waals surface area contributed by atoms with Crippen molar-refractivity contribution in [3.63, 3.8) is 0 Å². The molecule has 0 saturated heterocycles. The summed E-state index contributed by atoms with van der Waals surface area (Å²) in [5.74, 6) is 0.776. The predicted molar refractivity (Wildman–Crippen MR) is 135 cm³/mol. The molecule has 0 saturated carbocycles. The van der Waals surface area contributed by atoms with Gasteiger partial charge < -0.3 is 14.0 Å². The minimum absolute atomic E-state index is 0.0126. The molecule has 0 spiro atoms. The maximum Gasteiger partial charge on any atom is 0.266 e. The van der Waals surface area contributed by atoms with Gasteiger partial charge in [0.2, 0.25) is 0 Å². The molecule has 34 heavy (non-hydrogen) atoms. The minimum atomic E-state index is -0.188. The first-order chi connectivity index (χ1) is 16.4. The van der Waals surface area contributed by atoms with Crippen molar-refractivity contribution >= 4 is 28.4 Å². The van der Waals surface area contributed by atoms with Crippen molar-refractivity contribution in [2.24, 2.45) is 0 Å². The summed E-state index contributed by atoms with van der Waals surface area (Å²) in [6.07, 6.45) is 0. The smallest absolute Gasteiger partial charge is 0.266 e. The zero-order valence-electron chi connectivity index (χ0n) is 19.7. The van der Waals surface area contributed by atoms with Crippen molar-refractivity contribution in [3.8, 4) is 11.4 Å². The Morgan fingerprint density at radius 2 is 1.85 bits per heavy atom. The first-order valence-corrected chi connectivity index (χ1v) is 11.9. The first-order valence-electron chi connectivity index (χ1n) is 10.9. The Kier molecular flexibility index (Phi) is 7.19. The number of carbonyl (C=O) groups is 1. The number of ether oxygens (including phenoxy) is 2. The number of thioether (sulfide) groups is 1. The first kappa shape index (κ1) is 23.8. The summed E-state index contributed by atoms with van der Waals surface area (Å²) in [4.78, 5) is 31.3. The number of carbonyl (C=O) groups excluding carboxylic acids is 1. The number of rotatable bonds is 9. The summed E-state index contributed by atoms with van der Waals surface area (Å²) in [7, 11) is 3.24. The van der Waals surface area contributed by atoms with Crippen LogP contribution in [-0.4, -0.2) is 46.5 Å². The van der Waals surface area contributed by atoms with Crippen LogP contribution < -0.4 is 10.3 Å². The van der Waals surface area contributed by atoms with Gasteiger partial charge in [0.1, 0.15) is 5.75 Å². The largest absolute Gasteiger partial charge is 0.497 e. The lowest BCUT2D eigenvalue weighted by atomic mass is 10.2. The van der Waals surface area contributed by atoms with E-state index in [2.05, 4.69) is 4.57 Å². The second kappa shape index (κ2) is 10.3. The Labute approximate surface area is 202 Å². The van der Waals surface area contributed by atoms with E-state index in [-0.39, 0.29) is 17.1 Å². The summed E-state index contributed by atoms with van der Waals surface area (Å²) < 4.78 is 14.2. The molecule has 0 bridgehead atoms. The fourth-order valence-corrected chi connectivity index (χ4v) is 4.90. The summed E-state index contributed by atoms with van der Waals surface area (Å²) in [5, 5.41) is 0.973. The van der Waals surface area contributed by atoms with Crippen molar-refractivity contribution in [3.05, 3.63) is 81.9 Å². The van der Waals surface area contributed by atoms with E-state index in [4.69, 9.17) is 14.5 Å². The second-order valence-electron chi connectivity index (χ2n) is 7.89. The van der Waals surface area contributed by atoms with Crippen LogP contribution >= 0.6 is 11.8 Å². The molecular formula is C26H27N3O4S. The van der Waals surface area contributed by atoms with Crippen LogP contribution in [0.5, 0.6) is 5.75 Å². The van der Waals surface area contributed by atoms with Crippen molar-refractivity contribution in [1.82, 2.24) is 14.1 Å². The summed E-state index contributed by atoms with van der Waals surface area (Å²) >= 11 is 1.26. The number of benzene rings is 2. The highest BCUT2D eigenvalue weighted by Gasteiger charge is 2.19. The molecule has 2 heterocycles. The van der Waals surface area contributed by atoms with E-state index in [1.165, 1.54) is 11.8 Å². The van der Waals surface area contributed by atoms with Gasteiger partial charge in [0.15, 0.2) is 10.9 Å². The topological polar surface area (TPSA) is 75.4 Å². The number of hydrogen-bond acceptors (Lipinski definition) is 6. The van der Waals surface area contributed by atoms with Crippen LogP contribution in [-0.2, 0) is 11.3 Å². The number of para-hydroxylation sites is 1. The van der Waals surface area contributed by atoms with E-state index in [1.807, 2.05) is 56.3 Å². The molecule has 0 aliphatic carbocycles. The average molecular weight is 478 g/mol. The van der Waals surface area contributed by atoms with Gasteiger partial charge in [-0.25, -0.2) is 4.98 Å².